The molecule has 0 spiro atoms. The van der Waals surface area contributed by atoms with Crippen LogP contribution in [0.15, 0.2) is 18.2 Å². The van der Waals surface area contributed by atoms with Gasteiger partial charge in [0.15, 0.2) is 17.5 Å². The topological polar surface area (TPSA) is 53.6 Å². The summed E-state index contributed by atoms with van der Waals surface area (Å²) in [5.41, 5.74) is 0.470. The van der Waals surface area contributed by atoms with Crippen LogP contribution in [-0.2, 0) is 0 Å². The SMILES string of the molecule is Fc1ccc(-c2n[nH]c(C3CCCCN3)n2)cc1F. The van der Waals surface area contributed by atoms with Gasteiger partial charge in [0.2, 0.25) is 0 Å². The summed E-state index contributed by atoms with van der Waals surface area (Å²) in [5, 5.41) is 10.3. The van der Waals surface area contributed by atoms with Gasteiger partial charge in [-0.2, -0.15) is 5.10 Å². The van der Waals surface area contributed by atoms with Crippen molar-refractivity contribution >= 4 is 0 Å². The smallest absolute Gasteiger partial charge is 0.181 e. The third-order valence-electron chi connectivity index (χ3n) is 3.32. The fourth-order valence-corrected chi connectivity index (χ4v) is 2.28. The summed E-state index contributed by atoms with van der Waals surface area (Å²) in [5.74, 6) is -0.617. The summed E-state index contributed by atoms with van der Waals surface area (Å²) in [6.45, 7) is 0.964. The van der Waals surface area contributed by atoms with Crippen molar-refractivity contribution in [2.24, 2.45) is 0 Å². The molecule has 2 N–H and O–H groups in total. The largest absolute Gasteiger partial charge is 0.307 e. The van der Waals surface area contributed by atoms with E-state index in [9.17, 15) is 8.78 Å². The molecule has 4 nitrogen and oxygen atoms in total. The van der Waals surface area contributed by atoms with Crippen LogP contribution in [0.3, 0.4) is 0 Å². The molecule has 1 atom stereocenters. The minimum absolute atomic E-state index is 0.167. The van der Waals surface area contributed by atoms with Crippen molar-refractivity contribution in [2.75, 3.05) is 6.54 Å². The van der Waals surface area contributed by atoms with Crippen LogP contribution in [-0.4, -0.2) is 21.7 Å². The van der Waals surface area contributed by atoms with Gasteiger partial charge >= 0.3 is 0 Å². The summed E-state index contributed by atoms with van der Waals surface area (Å²) in [7, 11) is 0. The molecule has 0 bridgehead atoms. The normalized spacial score (nSPS) is 19.6. The fraction of sp³-hybridized carbons (Fsp3) is 0.385. The van der Waals surface area contributed by atoms with Crippen LogP contribution in [0, 0.1) is 11.6 Å². The van der Waals surface area contributed by atoms with Gasteiger partial charge in [0.05, 0.1) is 6.04 Å². The molecule has 1 fully saturated rings. The van der Waals surface area contributed by atoms with Gasteiger partial charge in [-0.25, -0.2) is 13.8 Å². The van der Waals surface area contributed by atoms with E-state index in [1.807, 2.05) is 0 Å². The van der Waals surface area contributed by atoms with Crippen LogP contribution in [0.1, 0.15) is 31.1 Å². The van der Waals surface area contributed by atoms with E-state index in [1.165, 1.54) is 12.5 Å². The zero-order valence-electron chi connectivity index (χ0n) is 10.3. The zero-order valence-corrected chi connectivity index (χ0v) is 10.3. The van der Waals surface area contributed by atoms with Crippen LogP contribution in [0.5, 0.6) is 0 Å². The Balaban J connectivity index is 1.85. The van der Waals surface area contributed by atoms with Gasteiger partial charge in [0.1, 0.15) is 5.82 Å². The molecule has 0 amide bonds. The number of halogens is 2. The van der Waals surface area contributed by atoms with Gasteiger partial charge in [0.25, 0.3) is 0 Å². The molecule has 0 aliphatic carbocycles. The molecule has 2 aromatic rings. The maximum Gasteiger partial charge on any atom is 0.181 e. The Morgan fingerprint density at radius 1 is 1.16 bits per heavy atom. The van der Waals surface area contributed by atoms with Crippen LogP contribution in [0.2, 0.25) is 0 Å². The Hall–Kier alpha value is -1.82. The molecule has 100 valence electrons. The lowest BCUT2D eigenvalue weighted by atomic mass is 10.0. The second-order valence-electron chi connectivity index (χ2n) is 4.68. The fourth-order valence-electron chi connectivity index (χ4n) is 2.28. The minimum atomic E-state index is -0.889. The molecule has 0 saturated carbocycles. The van der Waals surface area contributed by atoms with E-state index < -0.39 is 11.6 Å². The van der Waals surface area contributed by atoms with E-state index in [1.54, 1.807) is 0 Å². The van der Waals surface area contributed by atoms with Crippen LogP contribution < -0.4 is 5.32 Å². The first kappa shape index (κ1) is 12.2. The first-order chi connectivity index (χ1) is 9.24. The second kappa shape index (κ2) is 5.05. The van der Waals surface area contributed by atoms with Crippen molar-refractivity contribution in [3.05, 3.63) is 35.7 Å². The number of nitrogens with one attached hydrogen (secondary N) is 2. The highest BCUT2D eigenvalue weighted by Crippen LogP contribution is 2.23. The second-order valence-corrected chi connectivity index (χ2v) is 4.68. The molecular formula is C13H14F2N4. The van der Waals surface area contributed by atoms with Gasteiger partial charge in [-0.1, -0.05) is 6.42 Å². The highest BCUT2D eigenvalue weighted by molar-refractivity contribution is 5.54. The molecule has 1 aliphatic heterocycles. The third kappa shape index (κ3) is 2.49. The Morgan fingerprint density at radius 2 is 2.05 bits per heavy atom. The summed E-state index contributed by atoms with van der Waals surface area (Å²) in [4.78, 5) is 4.36. The van der Waals surface area contributed by atoms with Crippen LogP contribution in [0.25, 0.3) is 11.4 Å². The van der Waals surface area contributed by atoms with Gasteiger partial charge in [-0.3, -0.25) is 5.10 Å². The van der Waals surface area contributed by atoms with E-state index in [0.29, 0.717) is 11.4 Å². The number of piperidine rings is 1. The molecule has 1 unspecified atom stereocenters. The Bertz CT molecular complexity index is 576. The number of benzene rings is 1. The predicted molar refractivity (Wildman–Crippen MR) is 66.3 cm³/mol. The highest BCUT2D eigenvalue weighted by Gasteiger charge is 2.19. The lowest BCUT2D eigenvalue weighted by Gasteiger charge is -2.20. The molecule has 0 radical (unpaired) electrons. The predicted octanol–water partition coefficient (Wildman–Crippen LogP) is 2.56. The maximum atomic E-state index is 13.2. The first-order valence-electron chi connectivity index (χ1n) is 6.35. The Morgan fingerprint density at radius 3 is 2.79 bits per heavy atom. The van der Waals surface area contributed by atoms with E-state index in [0.717, 1.165) is 37.3 Å². The van der Waals surface area contributed by atoms with Gasteiger partial charge in [0, 0.05) is 5.56 Å². The number of aromatic amines is 1. The summed E-state index contributed by atoms with van der Waals surface area (Å²) >= 11 is 0. The third-order valence-corrected chi connectivity index (χ3v) is 3.32. The number of nitrogens with zero attached hydrogens (tertiary/aromatic N) is 2. The molecule has 2 heterocycles. The minimum Gasteiger partial charge on any atom is -0.307 e. The molecule has 6 heteroatoms. The lowest BCUT2D eigenvalue weighted by molar-refractivity contribution is 0.398. The van der Waals surface area contributed by atoms with Gasteiger partial charge < -0.3 is 5.32 Å². The van der Waals surface area contributed by atoms with Crippen molar-refractivity contribution in [1.29, 1.82) is 0 Å². The van der Waals surface area contributed by atoms with Crippen molar-refractivity contribution in [3.8, 4) is 11.4 Å². The molecule has 3 rings (SSSR count). The van der Waals surface area contributed by atoms with Crippen LogP contribution >= 0.6 is 0 Å². The van der Waals surface area contributed by atoms with Crippen molar-refractivity contribution in [2.45, 2.75) is 25.3 Å². The van der Waals surface area contributed by atoms with Gasteiger partial charge in [-0.15, -0.1) is 0 Å². The zero-order chi connectivity index (χ0) is 13.2. The van der Waals surface area contributed by atoms with E-state index in [-0.39, 0.29) is 6.04 Å². The molecule has 1 aliphatic rings. The molecule has 1 aromatic heterocycles. The van der Waals surface area contributed by atoms with Crippen molar-refractivity contribution in [3.63, 3.8) is 0 Å². The highest BCUT2D eigenvalue weighted by atomic mass is 19.2. The van der Waals surface area contributed by atoms with Crippen molar-refractivity contribution in [1.82, 2.24) is 20.5 Å². The standard InChI is InChI=1S/C13H14F2N4/c14-9-5-4-8(7-10(9)15)12-17-13(19-18-12)11-3-1-2-6-16-11/h4-5,7,11,16H,1-3,6H2,(H,17,18,19). The van der Waals surface area contributed by atoms with E-state index in [4.69, 9.17) is 0 Å². The maximum absolute atomic E-state index is 13.2. The molecule has 19 heavy (non-hydrogen) atoms. The monoisotopic (exact) mass is 264 g/mol. The summed E-state index contributed by atoms with van der Waals surface area (Å²) < 4.78 is 26.1. The Labute approximate surface area is 109 Å². The van der Waals surface area contributed by atoms with Crippen molar-refractivity contribution < 1.29 is 8.78 Å². The number of H-pyrrole nitrogens is 1. The van der Waals surface area contributed by atoms with E-state index >= 15 is 0 Å². The first-order valence-corrected chi connectivity index (χ1v) is 6.35. The summed E-state index contributed by atoms with van der Waals surface area (Å²) in [6.07, 6.45) is 3.33. The van der Waals surface area contributed by atoms with Crippen LogP contribution in [0.4, 0.5) is 8.78 Å². The summed E-state index contributed by atoms with van der Waals surface area (Å²) in [6, 6.07) is 3.83. The molecule has 1 saturated heterocycles. The number of hydrogen-bond acceptors (Lipinski definition) is 3. The molecular weight excluding hydrogens is 250 g/mol. The quantitative estimate of drug-likeness (QED) is 0.876. The Kier molecular flexibility index (Phi) is 3.25. The average molecular weight is 264 g/mol. The molecule has 1 aromatic carbocycles. The number of hydrogen-bond donors (Lipinski definition) is 2. The number of rotatable bonds is 2. The number of aromatic nitrogens is 3. The lowest BCUT2D eigenvalue weighted by Crippen LogP contribution is -2.27. The van der Waals surface area contributed by atoms with Gasteiger partial charge in [-0.05, 0) is 37.6 Å². The van der Waals surface area contributed by atoms with E-state index in [2.05, 4.69) is 20.5 Å². The average Bonchev–Trinajstić information content (AvgIpc) is 2.93.